The predicted octanol–water partition coefficient (Wildman–Crippen LogP) is 5.67. The highest BCUT2D eigenvalue weighted by Crippen LogP contribution is 2.48. The van der Waals surface area contributed by atoms with E-state index in [4.69, 9.17) is 9.47 Å². The second kappa shape index (κ2) is 9.01. The quantitative estimate of drug-likeness (QED) is 0.376. The normalized spacial score (nSPS) is 23.4. The Morgan fingerprint density at radius 3 is 2.53 bits per heavy atom. The Morgan fingerprint density at radius 2 is 1.86 bits per heavy atom. The van der Waals surface area contributed by atoms with E-state index in [0.717, 1.165) is 53.2 Å². The Hall–Kier alpha value is -3.23. The molecule has 2 aromatic carbocycles. The fourth-order valence-electron chi connectivity index (χ4n) is 6.32. The summed E-state index contributed by atoms with van der Waals surface area (Å²) in [7, 11) is 1.50. The molecule has 6 rings (SSSR count). The molecule has 0 spiro atoms. The first kappa shape index (κ1) is 23.2. The highest BCUT2D eigenvalue weighted by Gasteiger charge is 2.44. The van der Waals surface area contributed by atoms with Crippen molar-refractivity contribution in [2.75, 3.05) is 20.3 Å². The van der Waals surface area contributed by atoms with Gasteiger partial charge in [0.05, 0.1) is 17.2 Å². The first-order valence-electron chi connectivity index (χ1n) is 12.6. The van der Waals surface area contributed by atoms with Gasteiger partial charge in [0, 0.05) is 48.4 Å². The molecule has 0 radical (unpaired) electrons. The molecule has 188 valence electrons. The predicted molar refractivity (Wildman–Crippen MR) is 134 cm³/mol. The first-order valence-corrected chi connectivity index (χ1v) is 12.6. The maximum absolute atomic E-state index is 13.9. The lowest BCUT2D eigenvalue weighted by Crippen LogP contribution is -2.43. The lowest BCUT2D eigenvalue weighted by atomic mass is 9.74. The van der Waals surface area contributed by atoms with Gasteiger partial charge in [-0.15, -0.1) is 0 Å². The summed E-state index contributed by atoms with van der Waals surface area (Å²) < 4.78 is 27.4. The van der Waals surface area contributed by atoms with Crippen molar-refractivity contribution in [3.63, 3.8) is 0 Å². The topological polar surface area (TPSA) is 89.4 Å². The van der Waals surface area contributed by atoms with E-state index in [-0.39, 0.29) is 17.7 Å². The number of nitrogens with one attached hydrogen (secondary N) is 1. The van der Waals surface area contributed by atoms with E-state index in [1.807, 2.05) is 18.3 Å². The van der Waals surface area contributed by atoms with Crippen molar-refractivity contribution >= 4 is 27.8 Å². The second-order valence-electron chi connectivity index (χ2n) is 10.1. The number of aromatic amines is 1. The van der Waals surface area contributed by atoms with E-state index < -0.39 is 11.6 Å². The molecule has 2 fully saturated rings. The molecule has 36 heavy (non-hydrogen) atoms. The molecule has 1 aliphatic carbocycles. The molecule has 2 N–H and O–H groups in total. The van der Waals surface area contributed by atoms with Gasteiger partial charge in [-0.25, -0.2) is 9.18 Å². The number of nitrogens with zero attached hydrogens (tertiary/aromatic N) is 2. The monoisotopic (exact) mass is 491 g/mol. The Bertz CT molecular complexity index is 1410. The number of methoxy groups -OCH3 is 1. The lowest BCUT2D eigenvalue weighted by Gasteiger charge is -2.36. The molecule has 2 aromatic heterocycles. The van der Waals surface area contributed by atoms with Gasteiger partial charge in [0.2, 0.25) is 0 Å². The molecule has 1 saturated heterocycles. The van der Waals surface area contributed by atoms with Crippen molar-refractivity contribution < 1.29 is 23.8 Å². The van der Waals surface area contributed by atoms with Crippen LogP contribution < -0.4 is 0 Å². The lowest BCUT2D eigenvalue weighted by molar-refractivity contribution is -0.166. The van der Waals surface area contributed by atoms with E-state index in [9.17, 15) is 14.3 Å². The third kappa shape index (κ3) is 3.71. The van der Waals surface area contributed by atoms with E-state index in [0.29, 0.717) is 26.1 Å². The first-order chi connectivity index (χ1) is 17.5. The van der Waals surface area contributed by atoms with Crippen LogP contribution >= 0.6 is 0 Å². The Morgan fingerprint density at radius 1 is 1.14 bits per heavy atom. The van der Waals surface area contributed by atoms with Crippen molar-refractivity contribution in [2.45, 2.75) is 56.0 Å². The number of hydrogen-bond donors (Lipinski definition) is 2. The van der Waals surface area contributed by atoms with Crippen LogP contribution in [0.15, 0.2) is 42.6 Å². The number of fused-ring (bicyclic) bond motifs is 2. The van der Waals surface area contributed by atoms with E-state index >= 15 is 0 Å². The summed E-state index contributed by atoms with van der Waals surface area (Å²) in [6, 6.07) is 11.0. The average Bonchev–Trinajstić information content (AvgIpc) is 3.50. The number of rotatable bonds is 5. The van der Waals surface area contributed by atoms with Crippen molar-refractivity contribution in [1.82, 2.24) is 14.8 Å². The van der Waals surface area contributed by atoms with Crippen LogP contribution in [0.1, 0.15) is 61.6 Å². The van der Waals surface area contributed by atoms with E-state index in [2.05, 4.69) is 26.9 Å². The van der Waals surface area contributed by atoms with Gasteiger partial charge in [-0.1, -0.05) is 0 Å². The zero-order chi connectivity index (χ0) is 24.9. The number of halogens is 1. The molecule has 2 aliphatic rings. The minimum atomic E-state index is -1.12. The van der Waals surface area contributed by atoms with Crippen LogP contribution in [-0.4, -0.2) is 51.8 Å². The molecule has 0 unspecified atom stereocenters. The van der Waals surface area contributed by atoms with Crippen molar-refractivity contribution in [3.05, 3.63) is 59.7 Å². The molecule has 7 nitrogen and oxygen atoms in total. The summed E-state index contributed by atoms with van der Waals surface area (Å²) in [4.78, 5) is 12.0. The maximum Gasteiger partial charge on any atom is 0.335 e. The average molecular weight is 492 g/mol. The highest BCUT2D eigenvalue weighted by atomic mass is 19.1. The fourth-order valence-corrected chi connectivity index (χ4v) is 6.32. The minimum Gasteiger partial charge on any atom is -0.479 e. The van der Waals surface area contributed by atoms with Crippen LogP contribution in [0.25, 0.3) is 27.5 Å². The third-order valence-corrected chi connectivity index (χ3v) is 8.28. The number of hydrogen-bond acceptors (Lipinski definition) is 4. The van der Waals surface area contributed by atoms with Crippen molar-refractivity contribution in [1.29, 1.82) is 0 Å². The zero-order valence-corrected chi connectivity index (χ0v) is 20.3. The molecule has 1 aliphatic heterocycles. The molecular weight excluding hydrogens is 461 g/mol. The number of carboxylic acids is 1. The standard InChI is InChI=1S/C28H30FN3O4/c1-35-28(27(33)34)10-6-17(7-11-28)25-22-15-23-19(16-30-31-23)14-24(22)32(21-4-2-20(29)3-5-21)26(25)18-8-12-36-13-9-18/h2-5,14-18H,6-13H2,1H3,(H,30,31)(H,33,34)/t17-,28+. The van der Waals surface area contributed by atoms with Crippen LogP contribution in [0.3, 0.4) is 0 Å². The van der Waals surface area contributed by atoms with Crippen LogP contribution in [0.2, 0.25) is 0 Å². The van der Waals surface area contributed by atoms with E-state index in [1.54, 1.807) is 0 Å². The van der Waals surface area contributed by atoms with Gasteiger partial charge in [-0.2, -0.15) is 5.10 Å². The zero-order valence-electron chi connectivity index (χ0n) is 20.3. The second-order valence-corrected chi connectivity index (χ2v) is 10.1. The van der Waals surface area contributed by atoms with Crippen LogP contribution in [0, 0.1) is 5.82 Å². The molecule has 0 bridgehead atoms. The Kier molecular flexibility index (Phi) is 5.80. The number of carboxylic acid groups (broad SMARTS) is 1. The molecule has 0 amide bonds. The number of carbonyl (C=O) groups is 1. The minimum absolute atomic E-state index is 0.190. The van der Waals surface area contributed by atoms with E-state index in [1.165, 1.54) is 30.5 Å². The molecule has 4 aromatic rings. The SMILES string of the molecule is CO[C@]1(C(=O)O)CC[C@H](c2c(C3CCOCC3)n(-c3ccc(F)cc3)c3cc4cn[nH]c4cc32)CC1. The van der Waals surface area contributed by atoms with Crippen molar-refractivity contribution in [2.24, 2.45) is 0 Å². The van der Waals surface area contributed by atoms with Gasteiger partial charge in [0.1, 0.15) is 5.82 Å². The van der Waals surface area contributed by atoms with Crippen LogP contribution in [0.4, 0.5) is 4.39 Å². The number of ether oxygens (including phenoxy) is 2. The van der Waals surface area contributed by atoms with Gasteiger partial charge >= 0.3 is 5.97 Å². The van der Waals surface area contributed by atoms with Crippen LogP contribution in [0.5, 0.6) is 0 Å². The summed E-state index contributed by atoms with van der Waals surface area (Å²) >= 11 is 0. The number of aliphatic carboxylic acids is 1. The molecular formula is C28H30FN3O4. The summed E-state index contributed by atoms with van der Waals surface area (Å²) in [5.74, 6) is -0.676. The highest BCUT2D eigenvalue weighted by molar-refractivity contribution is 5.99. The number of aromatic nitrogens is 3. The van der Waals surface area contributed by atoms with Gasteiger partial charge < -0.3 is 19.1 Å². The molecule has 1 saturated carbocycles. The third-order valence-electron chi connectivity index (χ3n) is 8.28. The summed E-state index contributed by atoms with van der Waals surface area (Å²) in [5.41, 5.74) is 4.34. The maximum atomic E-state index is 13.9. The molecule has 3 heterocycles. The van der Waals surface area contributed by atoms with Gasteiger partial charge in [0.25, 0.3) is 0 Å². The Balaban J connectivity index is 1.58. The smallest absolute Gasteiger partial charge is 0.335 e. The van der Waals surface area contributed by atoms with Crippen molar-refractivity contribution in [3.8, 4) is 5.69 Å². The summed E-state index contributed by atoms with van der Waals surface area (Å²) in [6.07, 6.45) is 6.02. The van der Waals surface area contributed by atoms with Gasteiger partial charge in [-0.05, 0) is 86.4 Å². The fraction of sp³-hybridized carbons (Fsp3) is 0.429. The van der Waals surface area contributed by atoms with Crippen LogP contribution in [-0.2, 0) is 14.3 Å². The molecule has 0 atom stereocenters. The molecule has 8 heteroatoms. The largest absolute Gasteiger partial charge is 0.479 e. The summed E-state index contributed by atoms with van der Waals surface area (Å²) in [5, 5.41) is 19.4. The number of benzene rings is 2. The number of H-pyrrole nitrogens is 1. The summed E-state index contributed by atoms with van der Waals surface area (Å²) in [6.45, 7) is 1.41. The van der Waals surface area contributed by atoms with Gasteiger partial charge in [-0.3, -0.25) is 5.10 Å². The van der Waals surface area contributed by atoms with Gasteiger partial charge in [0.15, 0.2) is 5.60 Å². The Labute approximate surface area is 208 Å².